The number of anilines is 1. The maximum atomic E-state index is 12.9. The number of hydrogen-bond acceptors (Lipinski definition) is 3. The van der Waals surface area contributed by atoms with Crippen LogP contribution in [0.4, 0.5) is 18.9 Å². The number of rotatable bonds is 2. The van der Waals surface area contributed by atoms with Crippen LogP contribution in [0.1, 0.15) is 21.5 Å². The lowest BCUT2D eigenvalue weighted by Gasteiger charge is -2.13. The minimum atomic E-state index is -4.72. The quantitative estimate of drug-likeness (QED) is 0.810. The van der Waals surface area contributed by atoms with Gasteiger partial charge in [0.1, 0.15) is 11.8 Å². The number of nitrogens with one attached hydrogen (secondary N) is 1. The Bertz CT molecular complexity index is 813. The Labute approximate surface area is 137 Å². The maximum Gasteiger partial charge on any atom is 0.417 e. The first-order valence-electron chi connectivity index (χ1n) is 6.14. The van der Waals surface area contributed by atoms with Crippen molar-refractivity contribution in [2.45, 2.75) is 6.18 Å². The lowest BCUT2D eigenvalue weighted by Crippen LogP contribution is -2.15. The highest BCUT2D eigenvalue weighted by atomic mass is 79.9. The molecule has 0 fully saturated rings. The monoisotopic (exact) mass is 384 g/mol. The molecule has 0 aromatic heterocycles. The molecule has 0 atom stereocenters. The molecule has 23 heavy (non-hydrogen) atoms. The molecule has 0 unspecified atom stereocenters. The number of phenolic OH excluding ortho intramolecular Hbond substituents is 1. The Hall–Kier alpha value is -2.53. The van der Waals surface area contributed by atoms with E-state index in [4.69, 9.17) is 5.26 Å². The summed E-state index contributed by atoms with van der Waals surface area (Å²) < 4.78 is 39.2. The second-order valence-electron chi connectivity index (χ2n) is 4.45. The van der Waals surface area contributed by atoms with E-state index in [9.17, 15) is 23.1 Å². The van der Waals surface area contributed by atoms with Crippen molar-refractivity contribution in [1.29, 1.82) is 5.26 Å². The van der Waals surface area contributed by atoms with E-state index < -0.39 is 23.2 Å². The third kappa shape index (κ3) is 3.63. The fraction of sp³-hybridized carbons (Fsp3) is 0.0667. The summed E-state index contributed by atoms with van der Waals surface area (Å²) in [7, 11) is 0. The molecule has 8 heteroatoms. The molecule has 0 saturated heterocycles. The first-order chi connectivity index (χ1) is 10.7. The van der Waals surface area contributed by atoms with Gasteiger partial charge in [-0.2, -0.15) is 18.4 Å². The van der Waals surface area contributed by atoms with Gasteiger partial charge in [-0.05, 0) is 30.3 Å². The predicted octanol–water partition coefficient (Wildman–Crippen LogP) is 4.30. The summed E-state index contributed by atoms with van der Waals surface area (Å²) >= 11 is 3.12. The molecule has 2 N–H and O–H groups in total. The van der Waals surface area contributed by atoms with Gasteiger partial charge in [-0.3, -0.25) is 4.79 Å². The predicted molar refractivity (Wildman–Crippen MR) is 79.9 cm³/mol. The lowest BCUT2D eigenvalue weighted by atomic mass is 10.1. The van der Waals surface area contributed by atoms with Crippen molar-refractivity contribution in [3.05, 3.63) is 57.6 Å². The van der Waals surface area contributed by atoms with E-state index in [1.54, 1.807) is 0 Å². The number of carbonyl (C=O) groups excluding carboxylic acids is 1. The molecule has 2 aromatic rings. The van der Waals surface area contributed by atoms with Crippen LogP contribution in [0, 0.1) is 11.3 Å². The molecule has 0 aliphatic rings. The van der Waals surface area contributed by atoms with Crippen molar-refractivity contribution in [1.82, 2.24) is 0 Å². The summed E-state index contributed by atoms with van der Waals surface area (Å²) in [5.74, 6) is -1.17. The van der Waals surface area contributed by atoms with E-state index in [1.807, 2.05) is 0 Å². The Balaban J connectivity index is 2.43. The van der Waals surface area contributed by atoms with Gasteiger partial charge in [0.25, 0.3) is 5.91 Å². The van der Waals surface area contributed by atoms with E-state index in [0.29, 0.717) is 4.47 Å². The first kappa shape index (κ1) is 16.8. The molecule has 0 bridgehead atoms. The SMILES string of the molecule is N#Cc1c(NC(=O)c2cc(Br)ccc2O)cccc1C(F)(F)F. The van der Waals surface area contributed by atoms with Gasteiger partial charge in [0.15, 0.2) is 0 Å². The van der Waals surface area contributed by atoms with Crippen molar-refractivity contribution in [2.24, 2.45) is 0 Å². The van der Waals surface area contributed by atoms with Crippen LogP contribution in [0.25, 0.3) is 0 Å². The van der Waals surface area contributed by atoms with E-state index >= 15 is 0 Å². The highest BCUT2D eigenvalue weighted by Crippen LogP contribution is 2.35. The van der Waals surface area contributed by atoms with Gasteiger partial charge < -0.3 is 10.4 Å². The van der Waals surface area contributed by atoms with E-state index in [2.05, 4.69) is 21.2 Å². The van der Waals surface area contributed by atoms with Gasteiger partial charge in [0, 0.05) is 4.47 Å². The second kappa shape index (κ2) is 6.30. The van der Waals surface area contributed by atoms with Gasteiger partial charge >= 0.3 is 6.18 Å². The largest absolute Gasteiger partial charge is 0.507 e. The fourth-order valence-electron chi connectivity index (χ4n) is 1.89. The van der Waals surface area contributed by atoms with Crippen molar-refractivity contribution in [3.63, 3.8) is 0 Å². The standard InChI is InChI=1S/C15H8BrF3N2O2/c16-8-4-5-13(22)9(6-8)14(23)21-12-3-1-2-11(10(12)7-20)15(17,18)19/h1-6,22H,(H,21,23). The Morgan fingerprint density at radius 3 is 2.57 bits per heavy atom. The number of hydrogen-bond donors (Lipinski definition) is 2. The average Bonchev–Trinajstić information content (AvgIpc) is 2.48. The highest BCUT2D eigenvalue weighted by Gasteiger charge is 2.34. The number of carbonyl (C=O) groups is 1. The van der Waals surface area contributed by atoms with Crippen LogP contribution < -0.4 is 5.32 Å². The molecule has 2 aromatic carbocycles. The first-order valence-corrected chi connectivity index (χ1v) is 6.93. The van der Waals surface area contributed by atoms with Crippen molar-refractivity contribution >= 4 is 27.5 Å². The number of aromatic hydroxyl groups is 1. The van der Waals surface area contributed by atoms with E-state index in [0.717, 1.165) is 12.1 Å². The summed E-state index contributed by atoms with van der Waals surface area (Å²) in [5, 5.41) is 20.9. The minimum absolute atomic E-state index is 0.138. The number of halogens is 4. The van der Waals surface area contributed by atoms with Crippen molar-refractivity contribution < 1.29 is 23.1 Å². The van der Waals surface area contributed by atoms with Crippen LogP contribution in [-0.2, 0) is 6.18 Å². The average molecular weight is 385 g/mol. The lowest BCUT2D eigenvalue weighted by molar-refractivity contribution is -0.137. The molecule has 118 valence electrons. The Morgan fingerprint density at radius 2 is 1.96 bits per heavy atom. The number of alkyl halides is 3. The van der Waals surface area contributed by atoms with Crippen LogP contribution in [-0.4, -0.2) is 11.0 Å². The summed E-state index contributed by atoms with van der Waals surface area (Å²) in [5.41, 5.74) is -2.26. The van der Waals surface area contributed by atoms with Crippen LogP contribution in [0.2, 0.25) is 0 Å². The number of phenols is 1. The zero-order valence-corrected chi connectivity index (χ0v) is 12.9. The van der Waals surface area contributed by atoms with Gasteiger partial charge in [-0.15, -0.1) is 0 Å². The van der Waals surface area contributed by atoms with Gasteiger partial charge in [-0.25, -0.2) is 0 Å². The number of benzene rings is 2. The zero-order chi connectivity index (χ0) is 17.2. The second-order valence-corrected chi connectivity index (χ2v) is 5.37. The number of amides is 1. The zero-order valence-electron chi connectivity index (χ0n) is 11.3. The minimum Gasteiger partial charge on any atom is -0.507 e. The van der Waals surface area contributed by atoms with Gasteiger partial charge in [-0.1, -0.05) is 22.0 Å². The molecule has 0 radical (unpaired) electrons. The molecule has 0 aliphatic heterocycles. The van der Waals surface area contributed by atoms with Crippen LogP contribution in [0.15, 0.2) is 40.9 Å². The molecule has 0 heterocycles. The third-order valence-corrected chi connectivity index (χ3v) is 3.43. The van der Waals surface area contributed by atoms with E-state index in [1.165, 1.54) is 30.3 Å². The fourth-order valence-corrected chi connectivity index (χ4v) is 2.25. The smallest absolute Gasteiger partial charge is 0.417 e. The molecule has 1 amide bonds. The highest BCUT2D eigenvalue weighted by molar-refractivity contribution is 9.10. The van der Waals surface area contributed by atoms with Crippen molar-refractivity contribution in [3.8, 4) is 11.8 Å². The van der Waals surface area contributed by atoms with Crippen LogP contribution in [0.5, 0.6) is 5.75 Å². The van der Waals surface area contributed by atoms with Crippen molar-refractivity contribution in [2.75, 3.05) is 5.32 Å². The van der Waals surface area contributed by atoms with Crippen LogP contribution >= 0.6 is 15.9 Å². The van der Waals surface area contributed by atoms with Crippen LogP contribution in [0.3, 0.4) is 0 Å². The molecule has 2 rings (SSSR count). The third-order valence-electron chi connectivity index (χ3n) is 2.93. The molecule has 0 spiro atoms. The normalized spacial score (nSPS) is 10.9. The number of nitriles is 1. The van der Waals surface area contributed by atoms with Gasteiger partial charge in [0.2, 0.25) is 0 Å². The van der Waals surface area contributed by atoms with Gasteiger partial charge in [0.05, 0.1) is 22.4 Å². The van der Waals surface area contributed by atoms with E-state index in [-0.39, 0.29) is 17.0 Å². The summed E-state index contributed by atoms with van der Waals surface area (Å²) in [6.45, 7) is 0. The Morgan fingerprint density at radius 1 is 1.26 bits per heavy atom. The molecule has 4 nitrogen and oxygen atoms in total. The maximum absolute atomic E-state index is 12.9. The molecular weight excluding hydrogens is 377 g/mol. The summed E-state index contributed by atoms with van der Waals surface area (Å²) in [4.78, 5) is 12.1. The summed E-state index contributed by atoms with van der Waals surface area (Å²) in [6, 6.07) is 8.53. The molecular formula is C15H8BrF3N2O2. The summed E-state index contributed by atoms with van der Waals surface area (Å²) in [6.07, 6.45) is -4.72. The Kier molecular flexibility index (Phi) is 4.61. The topological polar surface area (TPSA) is 73.1 Å². The molecule has 0 saturated carbocycles. The molecule has 0 aliphatic carbocycles. The number of nitrogens with zero attached hydrogens (tertiary/aromatic N) is 1.